The van der Waals surface area contributed by atoms with E-state index in [1.165, 1.54) is 106 Å². The van der Waals surface area contributed by atoms with E-state index >= 15 is 0 Å². The van der Waals surface area contributed by atoms with Crippen LogP contribution in [-0.2, 0) is 234 Å². The second-order valence-electron chi connectivity index (χ2n) is 38.0. The Labute approximate surface area is 1010 Å². The summed E-state index contributed by atoms with van der Waals surface area (Å²) in [6.45, 7) is 14.3. The van der Waals surface area contributed by atoms with Gasteiger partial charge in [0.25, 0.3) is 0 Å². The Morgan fingerprint density at radius 1 is 0.262 bits per heavy atom. The molecule has 18 nitrogen and oxygen atoms in total. The summed E-state index contributed by atoms with van der Waals surface area (Å²) in [4.78, 5) is 77.9. The van der Waals surface area contributed by atoms with Crippen molar-refractivity contribution < 1.29 is 227 Å². The minimum Gasteiger partial charge on any atom is -0.388 e. The topological polar surface area (TPSA) is 230 Å². The van der Waals surface area contributed by atoms with Gasteiger partial charge in [-0.25, -0.2) is 12.1 Å². The zero-order chi connectivity index (χ0) is 98.8. The summed E-state index contributed by atoms with van der Waals surface area (Å²) in [5, 5.41) is 67.4. The SMILES string of the molecule is CCCCCCC(O)c1ccc(N2C(=O)CC[C@@H]2COCc2cc[c-]s2)cc1.CCCCCC[C@@H](O)c1ccc(N2C(=O)CC[C@@H]2CCCc2cc[c-]s2)cc1.CCCCCC[C@@H](O)c1ccc(N2C(=O)CC[C@@H]2COCc2cc[c-]s2)cc1.CCCCCC[C@H](O)c1ccc(N2C(=O)CC[C@@H]2CCCc2cc[c-]s2)cc1.CCCCCC[C@H](O)c1ccc(N2C(=O)CC[C@@H]2COCc2cc[c-]s2)cc1.[Y].[Y].[Y].[Y].[Y]. The Hall–Kier alpha value is -2.85. The minimum atomic E-state index is -0.429. The number of carbonyl (C=O) groups is 5. The molecule has 0 bridgehead atoms. The molecule has 775 valence electrons. The van der Waals surface area contributed by atoms with Crippen LogP contribution in [0.15, 0.2) is 182 Å². The first kappa shape index (κ1) is 131. The zero-order valence-electron chi connectivity index (χ0n) is 86.5. The van der Waals surface area contributed by atoms with Gasteiger partial charge in [0.2, 0.25) is 29.5 Å². The van der Waals surface area contributed by atoms with Gasteiger partial charge in [0.15, 0.2) is 0 Å². The third kappa shape index (κ3) is 44.7. The fourth-order valence-corrected chi connectivity index (χ4v) is 22.3. The molecule has 1 unspecified atom stereocenters. The predicted octanol–water partition coefficient (Wildman–Crippen LogP) is 27.9. The van der Waals surface area contributed by atoms with Crippen molar-refractivity contribution >= 4 is 115 Å². The van der Waals surface area contributed by atoms with Crippen molar-refractivity contribution in [3.8, 4) is 0 Å². The van der Waals surface area contributed by atoms with Gasteiger partial charge in [-0.3, -0.25) is 58.0 Å². The molecule has 5 radical (unpaired) electrons. The molecule has 5 aliphatic heterocycles. The van der Waals surface area contributed by atoms with Gasteiger partial charge in [-0.2, -0.15) is 48.5 Å². The van der Waals surface area contributed by atoms with E-state index in [4.69, 9.17) is 14.2 Å². The van der Waals surface area contributed by atoms with Gasteiger partial charge in [-0.15, -0.1) is 51.3 Å². The molecule has 15 rings (SSSR count). The number of hydrogen-bond donors (Lipinski definition) is 5. The first-order valence-electron chi connectivity index (χ1n) is 52.4. The number of unbranched alkanes of at least 4 members (excludes halogenated alkanes) is 15. The molecule has 5 amide bonds. The third-order valence-corrected chi connectivity index (χ3v) is 31.3. The van der Waals surface area contributed by atoms with Crippen molar-refractivity contribution in [3.63, 3.8) is 0 Å². The normalized spacial score (nSPS) is 17.4. The molecule has 5 N–H and O–H groups in total. The Morgan fingerprint density at radius 2 is 0.455 bits per heavy atom. The molecular weight excluding hydrogens is 2290 g/mol. The summed E-state index contributed by atoms with van der Waals surface area (Å²) in [7, 11) is 0. The van der Waals surface area contributed by atoms with Crippen LogP contribution in [0.3, 0.4) is 0 Å². The van der Waals surface area contributed by atoms with Crippen molar-refractivity contribution in [3.05, 3.63) is 261 Å². The molecule has 0 spiro atoms. The van der Waals surface area contributed by atoms with Gasteiger partial charge in [-0.05, 0) is 166 Å². The summed E-state index contributed by atoms with van der Waals surface area (Å²) in [6.07, 6.45) is 38.8. The average Bonchev–Trinajstić information content (AvgIpc) is 1.71. The summed E-state index contributed by atoms with van der Waals surface area (Å²) >= 11 is 8.06. The van der Waals surface area contributed by atoms with Gasteiger partial charge in [0.1, 0.15) is 0 Å². The quantitative estimate of drug-likeness (QED) is 0.0177. The number of anilines is 5. The monoisotopic (exact) mass is 2440 g/mol. The summed E-state index contributed by atoms with van der Waals surface area (Å²) in [5.41, 5.74) is 9.30. The van der Waals surface area contributed by atoms with Crippen molar-refractivity contribution in [2.75, 3.05) is 44.3 Å². The van der Waals surface area contributed by atoms with Crippen molar-refractivity contribution in [2.45, 2.75) is 378 Å². The Bertz CT molecular complexity index is 4330. The molecule has 145 heavy (non-hydrogen) atoms. The van der Waals surface area contributed by atoms with Gasteiger partial charge in [0, 0.05) is 256 Å². The van der Waals surface area contributed by atoms with Gasteiger partial charge < -0.3 is 86.9 Å². The van der Waals surface area contributed by atoms with E-state index < -0.39 is 30.5 Å². The molecular formula is C117H154N5O13S5Y5-5. The molecule has 28 heteroatoms. The number of aliphatic hydroxyl groups is 5. The smallest absolute Gasteiger partial charge is 0.227 e. The second-order valence-corrected chi connectivity index (χ2v) is 42.8. The largest absolute Gasteiger partial charge is 0.388 e. The van der Waals surface area contributed by atoms with E-state index in [-0.39, 0.29) is 211 Å². The average molecular weight is 2440 g/mol. The number of hydrogen-bond acceptors (Lipinski definition) is 18. The zero-order valence-corrected chi connectivity index (χ0v) is 105. The van der Waals surface area contributed by atoms with Gasteiger partial charge >= 0.3 is 0 Å². The van der Waals surface area contributed by atoms with Gasteiger partial charge in [0.05, 0.1) is 68.5 Å². The number of thiophene rings is 5. The van der Waals surface area contributed by atoms with Crippen LogP contribution in [0.25, 0.3) is 0 Å². The Morgan fingerprint density at radius 3 is 0.648 bits per heavy atom. The number of aryl methyl sites for hydroxylation is 2. The number of nitrogens with zero attached hydrogens (tertiary/aromatic N) is 5. The first-order chi connectivity index (χ1) is 68.4. The minimum absolute atomic E-state index is 0. The Balaban J connectivity index is 0.000000275. The standard InChI is InChI=1S/2C24H32NO2S.3C23H30NO3S.5Y/c2*1-2-3-4-5-11-23(26)19-12-14-21(15-13-19)25-20(16-17-24(25)27)8-6-9-22-10-7-18-28-22;3*1-2-3-4-5-8-22(25)18-9-11-19(12-10-18)24-20(13-14-23(24)26)16-27-17-21-7-6-15-28-21;;;;;/h2*7,10,12-15,20,23,26H,2-6,8-9,11,16-17H2,1H3;3*6-7,9-12,20,22,25H,2-5,8,13-14,16-17H2,1H3;;;;;/q5*-1;;;;;/t20-,23+;20-,23-;20-,22?;20-,22+;20-,22-;;;;;/m00111...../s1. The fourth-order valence-electron chi connectivity index (χ4n) is 19.2. The van der Waals surface area contributed by atoms with Crippen LogP contribution in [0, 0.1) is 26.9 Å². The number of amides is 5. The third-order valence-electron chi connectivity index (χ3n) is 27.3. The molecule has 5 aliphatic rings. The van der Waals surface area contributed by atoms with Crippen LogP contribution in [0.5, 0.6) is 0 Å². The number of benzene rings is 5. The van der Waals surface area contributed by atoms with Crippen LogP contribution < -0.4 is 24.5 Å². The van der Waals surface area contributed by atoms with Crippen LogP contribution in [0.1, 0.15) is 368 Å². The molecule has 10 atom stereocenters. The summed E-state index contributed by atoms with van der Waals surface area (Å²) < 4.78 is 17.5. The predicted molar refractivity (Wildman–Crippen MR) is 574 cm³/mol. The van der Waals surface area contributed by atoms with E-state index in [1.807, 2.05) is 194 Å². The van der Waals surface area contributed by atoms with Crippen LogP contribution >= 0.6 is 56.7 Å². The molecule has 0 saturated carbocycles. The Kier molecular flexibility index (Phi) is 67.7. The molecule has 5 aromatic heterocycles. The summed E-state index contributed by atoms with van der Waals surface area (Å²) in [6, 6.07) is 60.1. The maximum absolute atomic E-state index is 12.5. The van der Waals surface area contributed by atoms with Crippen molar-refractivity contribution in [2.24, 2.45) is 0 Å². The van der Waals surface area contributed by atoms with Crippen molar-refractivity contribution in [1.29, 1.82) is 0 Å². The number of aliphatic hydroxyl groups excluding tert-OH is 5. The number of rotatable bonds is 55. The molecule has 5 fully saturated rings. The van der Waals surface area contributed by atoms with E-state index in [0.29, 0.717) is 83.8 Å². The molecule has 5 aromatic carbocycles. The number of carbonyl (C=O) groups excluding carboxylic acids is 5. The number of ether oxygens (including phenoxy) is 3. The van der Waals surface area contributed by atoms with Crippen LogP contribution in [0.4, 0.5) is 28.4 Å². The van der Waals surface area contributed by atoms with Crippen LogP contribution in [-0.4, -0.2) is 105 Å². The van der Waals surface area contributed by atoms with E-state index in [1.54, 1.807) is 56.7 Å². The van der Waals surface area contributed by atoms with E-state index in [9.17, 15) is 49.5 Å². The second kappa shape index (κ2) is 75.1. The van der Waals surface area contributed by atoms with E-state index in [2.05, 4.69) is 73.7 Å². The molecule has 0 aliphatic carbocycles. The van der Waals surface area contributed by atoms with Crippen LogP contribution in [0.2, 0.25) is 0 Å². The van der Waals surface area contributed by atoms with Crippen molar-refractivity contribution in [1.82, 2.24) is 0 Å². The fraction of sp³-hybridized carbons (Fsp3) is 0.530. The maximum atomic E-state index is 12.5. The maximum Gasteiger partial charge on any atom is 0.227 e. The molecule has 5 saturated heterocycles. The molecule has 10 heterocycles. The van der Waals surface area contributed by atoms with Gasteiger partial charge in [-0.1, -0.05) is 249 Å². The molecule has 10 aromatic rings. The van der Waals surface area contributed by atoms with E-state index in [0.717, 1.165) is 206 Å². The summed E-state index contributed by atoms with van der Waals surface area (Å²) in [5.74, 6) is 0.882. The first-order valence-corrected chi connectivity index (χ1v) is 56.5.